The van der Waals surface area contributed by atoms with Crippen LogP contribution in [0.4, 0.5) is 5.69 Å². The van der Waals surface area contributed by atoms with E-state index in [9.17, 15) is 9.59 Å². The number of para-hydroxylation sites is 1. The van der Waals surface area contributed by atoms with Crippen molar-refractivity contribution < 1.29 is 9.59 Å². The fourth-order valence-corrected chi connectivity index (χ4v) is 3.10. The van der Waals surface area contributed by atoms with Gasteiger partial charge < -0.3 is 9.80 Å². The van der Waals surface area contributed by atoms with Crippen LogP contribution in [0.3, 0.4) is 0 Å². The molecule has 2 aromatic carbocycles. The normalized spacial score (nSPS) is 15.4. The summed E-state index contributed by atoms with van der Waals surface area (Å²) >= 11 is 0. The van der Waals surface area contributed by atoms with Crippen molar-refractivity contribution in [2.75, 3.05) is 24.5 Å². The van der Waals surface area contributed by atoms with Crippen LogP contribution in [0.1, 0.15) is 42.1 Å². The average molecular weight is 336 g/mol. The molecule has 1 aliphatic heterocycles. The van der Waals surface area contributed by atoms with E-state index in [1.54, 1.807) is 9.80 Å². The first-order valence-corrected chi connectivity index (χ1v) is 8.81. The molecule has 0 aliphatic carbocycles. The van der Waals surface area contributed by atoms with Gasteiger partial charge in [-0.2, -0.15) is 0 Å². The molecule has 1 saturated heterocycles. The first-order chi connectivity index (χ1) is 12.1. The fourth-order valence-electron chi connectivity index (χ4n) is 3.10. The Kier molecular flexibility index (Phi) is 5.17. The second kappa shape index (κ2) is 7.51. The average Bonchev–Trinajstić information content (AvgIpc) is 2.83. The van der Waals surface area contributed by atoms with Gasteiger partial charge in [-0.3, -0.25) is 9.59 Å². The minimum atomic E-state index is -0.00184. The van der Waals surface area contributed by atoms with E-state index in [2.05, 4.69) is 13.8 Å². The lowest BCUT2D eigenvalue weighted by Crippen LogP contribution is -2.35. The first-order valence-electron chi connectivity index (χ1n) is 8.81. The van der Waals surface area contributed by atoms with E-state index < -0.39 is 0 Å². The number of amides is 2. The smallest absolute Gasteiger partial charge is 0.253 e. The molecule has 0 spiro atoms. The van der Waals surface area contributed by atoms with Crippen molar-refractivity contribution in [2.45, 2.75) is 26.2 Å². The SMILES string of the molecule is CC(C)c1ccc(C(=O)N2CCC(=O)N(c3ccccc3)CC2)cc1. The maximum Gasteiger partial charge on any atom is 0.253 e. The third kappa shape index (κ3) is 3.90. The van der Waals surface area contributed by atoms with Crippen LogP contribution in [-0.2, 0) is 4.79 Å². The molecule has 0 aromatic heterocycles. The van der Waals surface area contributed by atoms with Crippen LogP contribution in [-0.4, -0.2) is 36.3 Å². The van der Waals surface area contributed by atoms with Gasteiger partial charge in [-0.1, -0.05) is 44.2 Å². The summed E-state index contributed by atoms with van der Waals surface area (Å²) in [4.78, 5) is 28.8. The summed E-state index contributed by atoms with van der Waals surface area (Å²) in [5.74, 6) is 0.508. The van der Waals surface area contributed by atoms with Gasteiger partial charge in [0.25, 0.3) is 5.91 Å². The maximum absolute atomic E-state index is 12.8. The predicted octanol–water partition coefficient (Wildman–Crippen LogP) is 3.69. The zero-order valence-electron chi connectivity index (χ0n) is 14.8. The standard InChI is InChI=1S/C21H24N2O2/c1-16(2)17-8-10-18(11-9-17)21(25)22-13-12-20(24)23(15-14-22)19-6-4-3-5-7-19/h3-11,16H,12-15H2,1-2H3. The minimum Gasteiger partial charge on any atom is -0.336 e. The molecule has 2 aromatic rings. The van der Waals surface area contributed by atoms with Gasteiger partial charge in [0.05, 0.1) is 0 Å². The number of hydrogen-bond donors (Lipinski definition) is 0. The van der Waals surface area contributed by atoms with E-state index in [0.29, 0.717) is 37.5 Å². The summed E-state index contributed by atoms with van der Waals surface area (Å²) in [6, 6.07) is 17.4. The van der Waals surface area contributed by atoms with Crippen LogP contribution >= 0.6 is 0 Å². The highest BCUT2D eigenvalue weighted by atomic mass is 16.2. The highest BCUT2D eigenvalue weighted by Crippen LogP contribution is 2.19. The molecule has 0 saturated carbocycles. The van der Waals surface area contributed by atoms with E-state index in [4.69, 9.17) is 0 Å². The van der Waals surface area contributed by atoms with Crippen LogP contribution < -0.4 is 4.90 Å². The van der Waals surface area contributed by atoms with Crippen molar-refractivity contribution in [1.82, 2.24) is 4.90 Å². The Morgan fingerprint density at radius 3 is 2.24 bits per heavy atom. The molecular formula is C21H24N2O2. The van der Waals surface area contributed by atoms with Gasteiger partial charge >= 0.3 is 0 Å². The molecule has 1 fully saturated rings. The molecular weight excluding hydrogens is 312 g/mol. The van der Waals surface area contributed by atoms with E-state index in [1.807, 2.05) is 54.6 Å². The van der Waals surface area contributed by atoms with Crippen LogP contribution in [0.2, 0.25) is 0 Å². The number of carbonyl (C=O) groups is 2. The Balaban J connectivity index is 1.72. The quantitative estimate of drug-likeness (QED) is 0.858. The van der Waals surface area contributed by atoms with Crippen LogP contribution in [0, 0.1) is 0 Å². The van der Waals surface area contributed by atoms with Crippen molar-refractivity contribution in [3.05, 3.63) is 65.7 Å². The molecule has 0 unspecified atom stereocenters. The summed E-state index contributed by atoms with van der Waals surface area (Å²) < 4.78 is 0. The minimum absolute atomic E-state index is 0.00184. The third-order valence-corrected chi connectivity index (χ3v) is 4.67. The Labute approximate surface area is 149 Å². The molecule has 0 bridgehead atoms. The number of hydrogen-bond acceptors (Lipinski definition) is 2. The Hall–Kier alpha value is -2.62. The lowest BCUT2D eigenvalue weighted by molar-refractivity contribution is -0.118. The molecule has 4 nitrogen and oxygen atoms in total. The second-order valence-corrected chi connectivity index (χ2v) is 6.70. The molecule has 4 heteroatoms. The summed E-state index contributed by atoms with van der Waals surface area (Å²) in [7, 11) is 0. The van der Waals surface area contributed by atoms with E-state index >= 15 is 0 Å². The van der Waals surface area contributed by atoms with Crippen molar-refractivity contribution >= 4 is 17.5 Å². The van der Waals surface area contributed by atoms with Gasteiger partial charge in [0.2, 0.25) is 5.91 Å². The van der Waals surface area contributed by atoms with Crippen LogP contribution in [0.15, 0.2) is 54.6 Å². The summed E-state index contributed by atoms with van der Waals surface area (Å²) in [5.41, 5.74) is 2.80. The Morgan fingerprint density at radius 2 is 1.60 bits per heavy atom. The van der Waals surface area contributed by atoms with Crippen LogP contribution in [0.5, 0.6) is 0 Å². The summed E-state index contributed by atoms with van der Waals surface area (Å²) in [5, 5.41) is 0. The van der Waals surface area contributed by atoms with Gasteiger partial charge in [0, 0.05) is 37.3 Å². The second-order valence-electron chi connectivity index (χ2n) is 6.70. The third-order valence-electron chi connectivity index (χ3n) is 4.67. The van der Waals surface area contributed by atoms with Crippen LogP contribution in [0.25, 0.3) is 0 Å². The Morgan fingerprint density at radius 1 is 0.920 bits per heavy atom. The highest BCUT2D eigenvalue weighted by molar-refractivity contribution is 5.97. The monoisotopic (exact) mass is 336 g/mol. The van der Waals surface area contributed by atoms with E-state index in [1.165, 1.54) is 5.56 Å². The van der Waals surface area contributed by atoms with Gasteiger partial charge in [-0.25, -0.2) is 0 Å². The van der Waals surface area contributed by atoms with Gasteiger partial charge in [-0.15, -0.1) is 0 Å². The lowest BCUT2D eigenvalue weighted by Gasteiger charge is -2.22. The van der Waals surface area contributed by atoms with E-state index in [0.717, 1.165) is 5.69 Å². The molecule has 1 heterocycles. The highest BCUT2D eigenvalue weighted by Gasteiger charge is 2.25. The molecule has 1 aliphatic rings. The number of rotatable bonds is 3. The largest absolute Gasteiger partial charge is 0.336 e. The van der Waals surface area contributed by atoms with Crippen molar-refractivity contribution in [3.8, 4) is 0 Å². The molecule has 3 rings (SSSR count). The fraction of sp³-hybridized carbons (Fsp3) is 0.333. The number of anilines is 1. The molecule has 0 radical (unpaired) electrons. The maximum atomic E-state index is 12.8. The zero-order valence-corrected chi connectivity index (χ0v) is 14.8. The predicted molar refractivity (Wildman–Crippen MR) is 99.8 cm³/mol. The van der Waals surface area contributed by atoms with Crippen molar-refractivity contribution in [1.29, 1.82) is 0 Å². The summed E-state index contributed by atoms with van der Waals surface area (Å²) in [6.07, 6.45) is 0.352. The van der Waals surface area contributed by atoms with Gasteiger partial charge in [-0.05, 0) is 35.7 Å². The van der Waals surface area contributed by atoms with Gasteiger partial charge in [0.15, 0.2) is 0 Å². The van der Waals surface area contributed by atoms with Crippen molar-refractivity contribution in [2.24, 2.45) is 0 Å². The van der Waals surface area contributed by atoms with Crippen molar-refractivity contribution in [3.63, 3.8) is 0 Å². The molecule has 0 atom stereocenters. The number of benzene rings is 2. The summed E-state index contributed by atoms with van der Waals surface area (Å²) in [6.45, 7) is 5.81. The van der Waals surface area contributed by atoms with E-state index in [-0.39, 0.29) is 11.8 Å². The molecule has 25 heavy (non-hydrogen) atoms. The first kappa shape index (κ1) is 17.2. The topological polar surface area (TPSA) is 40.6 Å². The molecule has 130 valence electrons. The number of carbonyl (C=O) groups excluding carboxylic acids is 2. The molecule has 0 N–H and O–H groups in total. The lowest BCUT2D eigenvalue weighted by atomic mass is 10.0. The zero-order chi connectivity index (χ0) is 17.8. The number of nitrogens with zero attached hydrogens (tertiary/aromatic N) is 2. The van der Waals surface area contributed by atoms with Gasteiger partial charge in [0.1, 0.15) is 0 Å². The molecule has 2 amide bonds. The Bertz CT molecular complexity index is 738.